The van der Waals surface area contributed by atoms with Crippen LogP contribution in [0.5, 0.6) is 0 Å². The minimum absolute atomic E-state index is 0.380. The van der Waals surface area contributed by atoms with Crippen molar-refractivity contribution in [2.24, 2.45) is 5.73 Å². The normalized spacial score (nSPS) is 15.6. The van der Waals surface area contributed by atoms with E-state index < -0.39 is 6.10 Å². The first kappa shape index (κ1) is 9.18. The highest BCUT2D eigenvalue weighted by Gasteiger charge is 2.16. The van der Waals surface area contributed by atoms with E-state index in [-0.39, 0.29) is 6.04 Å². The number of aromatic nitrogens is 2. The molecule has 0 spiro atoms. The fourth-order valence-electron chi connectivity index (χ4n) is 1.47. The summed E-state index contributed by atoms with van der Waals surface area (Å²) in [7, 11) is 0. The summed E-state index contributed by atoms with van der Waals surface area (Å²) in [5, 5.41) is 13.5. The van der Waals surface area contributed by atoms with Crippen molar-refractivity contribution in [3.05, 3.63) is 36.2 Å². The van der Waals surface area contributed by atoms with Gasteiger partial charge in [0.25, 0.3) is 0 Å². The van der Waals surface area contributed by atoms with Crippen LogP contribution in [0, 0.1) is 0 Å². The second-order valence-electron chi connectivity index (χ2n) is 3.40. The predicted octanol–water partition coefficient (Wildman–Crippen LogP) is 0.715. The third-order valence-corrected chi connectivity index (χ3v) is 2.34. The molecule has 74 valence electrons. The van der Waals surface area contributed by atoms with Gasteiger partial charge in [-0.1, -0.05) is 6.07 Å². The van der Waals surface area contributed by atoms with Gasteiger partial charge in [0.1, 0.15) is 0 Å². The summed E-state index contributed by atoms with van der Waals surface area (Å²) >= 11 is 0. The fraction of sp³-hybridized carbons (Fsp3) is 0.300. The Kier molecular flexibility index (Phi) is 2.23. The lowest BCUT2D eigenvalue weighted by molar-refractivity contribution is 0.165. The fourth-order valence-corrected chi connectivity index (χ4v) is 1.47. The summed E-state index contributed by atoms with van der Waals surface area (Å²) in [6.45, 7) is 1.68. The summed E-state index contributed by atoms with van der Waals surface area (Å²) < 4.78 is 1.75. The molecule has 0 fully saturated rings. The number of rotatable bonds is 2. The minimum Gasteiger partial charge on any atom is -0.391 e. The zero-order chi connectivity index (χ0) is 10.1. The van der Waals surface area contributed by atoms with Crippen molar-refractivity contribution in [2.45, 2.75) is 19.1 Å². The van der Waals surface area contributed by atoms with E-state index in [0.717, 1.165) is 11.1 Å². The maximum Gasteiger partial charge on any atom is 0.0710 e. The van der Waals surface area contributed by atoms with Crippen LogP contribution in [0.1, 0.15) is 18.5 Å². The van der Waals surface area contributed by atoms with Crippen LogP contribution < -0.4 is 5.73 Å². The van der Waals surface area contributed by atoms with Gasteiger partial charge in [-0.25, -0.2) is 4.52 Å². The second kappa shape index (κ2) is 3.40. The standard InChI is InChI=1S/C10H13N3O/c1-7(14)10(11)8-6-12-13-5-3-2-4-9(8)13/h2-7,10,14H,11H2,1H3. The molecule has 0 radical (unpaired) electrons. The lowest BCUT2D eigenvalue weighted by Gasteiger charge is -2.12. The van der Waals surface area contributed by atoms with Gasteiger partial charge >= 0.3 is 0 Å². The third-order valence-electron chi connectivity index (χ3n) is 2.34. The molecule has 14 heavy (non-hydrogen) atoms. The Labute approximate surface area is 82.0 Å². The summed E-state index contributed by atoms with van der Waals surface area (Å²) in [5.74, 6) is 0. The van der Waals surface area contributed by atoms with Gasteiger partial charge in [-0.15, -0.1) is 0 Å². The van der Waals surface area contributed by atoms with Gasteiger partial charge in [0.05, 0.1) is 23.9 Å². The van der Waals surface area contributed by atoms with Gasteiger partial charge in [0.2, 0.25) is 0 Å². The Bertz CT molecular complexity index is 436. The molecule has 2 atom stereocenters. The highest BCUT2D eigenvalue weighted by molar-refractivity contribution is 5.54. The second-order valence-corrected chi connectivity index (χ2v) is 3.40. The van der Waals surface area contributed by atoms with Gasteiger partial charge in [-0.2, -0.15) is 5.10 Å². The smallest absolute Gasteiger partial charge is 0.0710 e. The molecule has 2 rings (SSSR count). The topological polar surface area (TPSA) is 63.5 Å². The molecule has 0 aromatic carbocycles. The first-order chi connectivity index (χ1) is 6.70. The van der Waals surface area contributed by atoms with E-state index in [9.17, 15) is 5.11 Å². The van der Waals surface area contributed by atoms with Gasteiger partial charge in [0, 0.05) is 11.8 Å². The highest BCUT2D eigenvalue weighted by atomic mass is 16.3. The molecule has 2 unspecified atom stereocenters. The summed E-state index contributed by atoms with van der Waals surface area (Å²) in [5.41, 5.74) is 7.67. The van der Waals surface area contributed by atoms with Crippen molar-refractivity contribution in [3.63, 3.8) is 0 Å². The van der Waals surface area contributed by atoms with Gasteiger partial charge < -0.3 is 10.8 Å². The molecule has 0 bridgehead atoms. The molecular weight excluding hydrogens is 178 g/mol. The first-order valence-corrected chi connectivity index (χ1v) is 4.56. The van der Waals surface area contributed by atoms with Gasteiger partial charge in [-0.05, 0) is 19.1 Å². The van der Waals surface area contributed by atoms with Crippen molar-refractivity contribution in [1.29, 1.82) is 0 Å². The predicted molar refractivity (Wildman–Crippen MR) is 53.8 cm³/mol. The summed E-state index contributed by atoms with van der Waals surface area (Å²) in [6, 6.07) is 5.38. The monoisotopic (exact) mass is 191 g/mol. The van der Waals surface area contributed by atoms with Crippen LogP contribution in [-0.2, 0) is 0 Å². The molecule has 0 saturated carbocycles. The molecule has 2 heterocycles. The molecule has 0 aliphatic rings. The van der Waals surface area contributed by atoms with E-state index in [0.29, 0.717) is 0 Å². The number of pyridine rings is 1. The molecule has 2 aromatic rings. The molecule has 4 nitrogen and oxygen atoms in total. The Morgan fingerprint density at radius 1 is 1.50 bits per heavy atom. The number of hydrogen-bond acceptors (Lipinski definition) is 3. The van der Waals surface area contributed by atoms with Crippen molar-refractivity contribution in [3.8, 4) is 0 Å². The van der Waals surface area contributed by atoms with E-state index in [1.54, 1.807) is 17.6 Å². The molecule has 4 heteroatoms. The summed E-state index contributed by atoms with van der Waals surface area (Å²) in [6.07, 6.45) is 2.99. The molecule has 2 aromatic heterocycles. The Morgan fingerprint density at radius 3 is 3.00 bits per heavy atom. The van der Waals surface area contributed by atoms with E-state index in [2.05, 4.69) is 5.10 Å². The highest BCUT2D eigenvalue weighted by Crippen LogP contribution is 2.19. The Hall–Kier alpha value is -1.39. The number of aliphatic hydroxyl groups excluding tert-OH is 1. The van der Waals surface area contributed by atoms with Crippen molar-refractivity contribution in [2.75, 3.05) is 0 Å². The maximum absolute atomic E-state index is 9.39. The van der Waals surface area contributed by atoms with Crippen molar-refractivity contribution >= 4 is 5.52 Å². The number of fused-ring (bicyclic) bond motifs is 1. The number of nitrogens with zero attached hydrogens (tertiary/aromatic N) is 2. The zero-order valence-corrected chi connectivity index (χ0v) is 7.96. The lowest BCUT2D eigenvalue weighted by atomic mass is 10.1. The average molecular weight is 191 g/mol. The van der Waals surface area contributed by atoms with Crippen LogP contribution >= 0.6 is 0 Å². The number of aliphatic hydroxyl groups is 1. The third kappa shape index (κ3) is 1.38. The van der Waals surface area contributed by atoms with Crippen molar-refractivity contribution in [1.82, 2.24) is 9.61 Å². The lowest BCUT2D eigenvalue weighted by Crippen LogP contribution is -2.22. The Morgan fingerprint density at radius 2 is 2.29 bits per heavy atom. The van der Waals surface area contributed by atoms with Crippen LogP contribution in [0.25, 0.3) is 5.52 Å². The van der Waals surface area contributed by atoms with E-state index >= 15 is 0 Å². The van der Waals surface area contributed by atoms with Crippen LogP contribution in [0.4, 0.5) is 0 Å². The van der Waals surface area contributed by atoms with E-state index in [1.807, 2.05) is 24.4 Å². The molecular formula is C10H13N3O. The van der Waals surface area contributed by atoms with E-state index in [1.165, 1.54) is 0 Å². The van der Waals surface area contributed by atoms with Crippen LogP contribution in [0.3, 0.4) is 0 Å². The number of hydrogen-bond donors (Lipinski definition) is 2. The quantitative estimate of drug-likeness (QED) is 0.735. The SMILES string of the molecule is CC(O)C(N)c1cnn2ccccc12. The van der Waals surface area contributed by atoms with E-state index in [4.69, 9.17) is 5.73 Å². The van der Waals surface area contributed by atoms with Crippen LogP contribution in [0.15, 0.2) is 30.6 Å². The maximum atomic E-state index is 9.39. The van der Waals surface area contributed by atoms with Gasteiger partial charge in [-0.3, -0.25) is 0 Å². The minimum atomic E-state index is -0.566. The molecule has 3 N–H and O–H groups in total. The number of nitrogens with two attached hydrogens (primary N) is 1. The first-order valence-electron chi connectivity index (χ1n) is 4.56. The Balaban J connectivity index is 2.53. The van der Waals surface area contributed by atoms with Crippen LogP contribution in [-0.4, -0.2) is 20.8 Å². The van der Waals surface area contributed by atoms with Crippen molar-refractivity contribution < 1.29 is 5.11 Å². The molecule has 0 aliphatic carbocycles. The average Bonchev–Trinajstić information content (AvgIpc) is 2.60. The summed E-state index contributed by atoms with van der Waals surface area (Å²) in [4.78, 5) is 0. The largest absolute Gasteiger partial charge is 0.391 e. The molecule has 0 aliphatic heterocycles. The molecule has 0 amide bonds. The zero-order valence-electron chi connectivity index (χ0n) is 7.96. The van der Waals surface area contributed by atoms with Gasteiger partial charge in [0.15, 0.2) is 0 Å². The molecule has 0 saturated heterocycles. The van der Waals surface area contributed by atoms with Crippen LogP contribution in [0.2, 0.25) is 0 Å².